The summed E-state index contributed by atoms with van der Waals surface area (Å²) in [7, 11) is 0. The van der Waals surface area contributed by atoms with E-state index in [1.165, 1.54) is 22.7 Å². The molecule has 0 radical (unpaired) electrons. The van der Waals surface area contributed by atoms with Gasteiger partial charge in [0.25, 0.3) is 0 Å². The van der Waals surface area contributed by atoms with E-state index in [-0.39, 0.29) is 11.6 Å². The van der Waals surface area contributed by atoms with Gasteiger partial charge >= 0.3 is 0 Å². The van der Waals surface area contributed by atoms with E-state index < -0.39 is 0 Å². The zero-order valence-corrected chi connectivity index (χ0v) is 14.2. The van der Waals surface area contributed by atoms with E-state index in [1.54, 1.807) is 0 Å². The molecule has 24 heavy (non-hydrogen) atoms. The third kappa shape index (κ3) is 2.70. The van der Waals surface area contributed by atoms with E-state index >= 15 is 0 Å². The molecule has 0 unspecified atom stereocenters. The molecule has 0 atom stereocenters. The van der Waals surface area contributed by atoms with Crippen LogP contribution in [0.15, 0.2) is 72.8 Å². The van der Waals surface area contributed by atoms with E-state index in [1.807, 2.05) is 72.8 Å². The summed E-state index contributed by atoms with van der Waals surface area (Å²) in [6.07, 6.45) is 0. The van der Waals surface area contributed by atoms with E-state index in [2.05, 4.69) is 0 Å². The lowest BCUT2D eigenvalue weighted by Gasteiger charge is -1.97. The predicted octanol–water partition coefficient (Wildman–Crippen LogP) is 5.42. The van der Waals surface area contributed by atoms with Gasteiger partial charge in [-0.05, 0) is 12.1 Å². The molecule has 0 bridgehead atoms. The van der Waals surface area contributed by atoms with Gasteiger partial charge in [0.1, 0.15) is 0 Å². The second-order valence-corrected chi connectivity index (χ2v) is 7.51. The summed E-state index contributed by atoms with van der Waals surface area (Å²) in [4.78, 5) is 26.4. The maximum Gasteiger partial charge on any atom is 0.203 e. The maximum atomic E-state index is 12.5. The van der Waals surface area contributed by atoms with Crippen molar-refractivity contribution in [2.75, 3.05) is 0 Å². The van der Waals surface area contributed by atoms with Gasteiger partial charge in [0.15, 0.2) is 0 Å². The third-order valence-electron chi connectivity index (χ3n) is 3.73. The molecule has 0 spiro atoms. The first kappa shape index (κ1) is 15.0. The van der Waals surface area contributed by atoms with Crippen LogP contribution in [-0.2, 0) is 0 Å². The number of fused-ring (bicyclic) bond motifs is 1. The first-order valence-corrected chi connectivity index (χ1v) is 9.08. The van der Waals surface area contributed by atoms with Crippen LogP contribution in [0.4, 0.5) is 0 Å². The normalized spacial score (nSPS) is 10.8. The number of thiophene rings is 2. The number of carbonyl (C=O) groups is 2. The van der Waals surface area contributed by atoms with Crippen molar-refractivity contribution in [3.8, 4) is 0 Å². The molecule has 2 heterocycles. The van der Waals surface area contributed by atoms with Crippen molar-refractivity contribution in [1.29, 1.82) is 0 Å². The minimum absolute atomic E-state index is 0.0277. The summed E-state index contributed by atoms with van der Waals surface area (Å²) >= 11 is 2.88. The van der Waals surface area contributed by atoms with Crippen molar-refractivity contribution in [3.05, 3.63) is 93.7 Å². The van der Waals surface area contributed by atoms with Crippen LogP contribution in [0.3, 0.4) is 0 Å². The van der Waals surface area contributed by atoms with Crippen molar-refractivity contribution in [2.24, 2.45) is 0 Å². The Morgan fingerprint density at radius 3 is 1.33 bits per heavy atom. The largest absolute Gasteiger partial charge is 0.288 e. The number of benzene rings is 2. The van der Waals surface area contributed by atoms with Crippen LogP contribution in [0.2, 0.25) is 0 Å². The molecule has 116 valence electrons. The average molecular weight is 348 g/mol. The highest BCUT2D eigenvalue weighted by atomic mass is 32.1. The Morgan fingerprint density at radius 2 is 0.958 bits per heavy atom. The van der Waals surface area contributed by atoms with Crippen molar-refractivity contribution in [3.63, 3.8) is 0 Å². The molecule has 0 aliphatic carbocycles. The number of hydrogen-bond acceptors (Lipinski definition) is 4. The summed E-state index contributed by atoms with van der Waals surface area (Å²) in [5, 5.41) is 0. The van der Waals surface area contributed by atoms with Crippen LogP contribution in [0.5, 0.6) is 0 Å². The molecule has 4 aromatic rings. The van der Waals surface area contributed by atoms with Crippen LogP contribution < -0.4 is 0 Å². The van der Waals surface area contributed by atoms with Gasteiger partial charge in [0, 0.05) is 20.5 Å². The van der Waals surface area contributed by atoms with Gasteiger partial charge in [-0.15, -0.1) is 22.7 Å². The lowest BCUT2D eigenvalue weighted by Crippen LogP contribution is -1.98. The molecule has 2 aromatic heterocycles. The van der Waals surface area contributed by atoms with Crippen LogP contribution in [0, 0.1) is 0 Å². The number of ketones is 2. The smallest absolute Gasteiger partial charge is 0.203 e. The molecule has 0 saturated heterocycles. The van der Waals surface area contributed by atoms with Gasteiger partial charge in [-0.3, -0.25) is 9.59 Å². The van der Waals surface area contributed by atoms with Crippen molar-refractivity contribution >= 4 is 43.6 Å². The molecule has 0 saturated carbocycles. The molecular formula is C20H12O2S2. The first-order chi connectivity index (χ1) is 11.7. The van der Waals surface area contributed by atoms with E-state index in [4.69, 9.17) is 0 Å². The summed E-state index contributed by atoms with van der Waals surface area (Å²) in [6, 6.07) is 22.3. The predicted molar refractivity (Wildman–Crippen MR) is 99.5 cm³/mol. The summed E-state index contributed by atoms with van der Waals surface area (Å²) in [5.41, 5.74) is 1.37. The summed E-state index contributed by atoms with van der Waals surface area (Å²) in [5.74, 6) is 0.0554. The topological polar surface area (TPSA) is 34.1 Å². The lowest BCUT2D eigenvalue weighted by atomic mass is 10.1. The molecule has 0 amide bonds. The molecule has 4 heteroatoms. The van der Waals surface area contributed by atoms with E-state index in [0.29, 0.717) is 20.9 Å². The minimum atomic E-state index is 0.0277. The fraction of sp³-hybridized carbons (Fsp3) is 0. The van der Waals surface area contributed by atoms with Gasteiger partial charge in [-0.1, -0.05) is 60.7 Å². The Labute approximate surface area is 147 Å². The molecule has 0 N–H and O–H groups in total. The average Bonchev–Trinajstić information content (AvgIpc) is 3.21. The Hall–Kier alpha value is -2.56. The van der Waals surface area contributed by atoms with Crippen LogP contribution >= 0.6 is 22.7 Å². The Morgan fingerprint density at radius 1 is 0.583 bits per heavy atom. The molecule has 0 aliphatic heterocycles. The minimum Gasteiger partial charge on any atom is -0.288 e. The second-order valence-electron chi connectivity index (χ2n) is 5.34. The third-order valence-corrected chi connectivity index (χ3v) is 6.02. The van der Waals surface area contributed by atoms with Crippen LogP contribution in [0.25, 0.3) is 9.40 Å². The number of hydrogen-bond donors (Lipinski definition) is 0. The fourth-order valence-electron chi connectivity index (χ4n) is 2.52. The van der Waals surface area contributed by atoms with Crippen molar-refractivity contribution in [1.82, 2.24) is 0 Å². The maximum absolute atomic E-state index is 12.5. The van der Waals surface area contributed by atoms with Crippen LogP contribution in [-0.4, -0.2) is 11.6 Å². The molecule has 0 fully saturated rings. The van der Waals surface area contributed by atoms with E-state index in [0.717, 1.165) is 9.40 Å². The molecule has 2 aromatic carbocycles. The highest BCUT2D eigenvalue weighted by Crippen LogP contribution is 2.35. The van der Waals surface area contributed by atoms with Gasteiger partial charge in [-0.25, -0.2) is 0 Å². The Kier molecular flexibility index (Phi) is 3.84. The highest BCUT2D eigenvalue weighted by Gasteiger charge is 2.17. The van der Waals surface area contributed by atoms with Gasteiger partial charge in [0.2, 0.25) is 11.6 Å². The Balaban J connectivity index is 1.66. The van der Waals surface area contributed by atoms with Crippen molar-refractivity contribution < 1.29 is 9.59 Å². The van der Waals surface area contributed by atoms with Crippen LogP contribution in [0.1, 0.15) is 30.5 Å². The number of carbonyl (C=O) groups excluding carboxylic acids is 2. The zero-order valence-electron chi connectivity index (χ0n) is 12.6. The fourth-order valence-corrected chi connectivity index (χ4v) is 4.84. The van der Waals surface area contributed by atoms with Gasteiger partial charge in [0.05, 0.1) is 9.75 Å². The summed E-state index contributed by atoms with van der Waals surface area (Å²) < 4.78 is 1.97. The molecule has 2 nitrogen and oxygen atoms in total. The molecular weight excluding hydrogens is 336 g/mol. The Bertz CT molecular complexity index is 915. The van der Waals surface area contributed by atoms with Gasteiger partial charge in [-0.2, -0.15) is 0 Å². The zero-order chi connectivity index (χ0) is 16.5. The second kappa shape index (κ2) is 6.15. The SMILES string of the molecule is O=C(c1ccccc1)c1cc2sc(C(=O)c3ccccc3)cc2s1. The standard InChI is InChI=1S/C20H12O2S2/c21-19(13-7-3-1-4-8-13)17-11-15-16(23-17)12-18(24-15)20(22)14-9-5-2-6-10-14/h1-12H. The monoisotopic (exact) mass is 348 g/mol. The molecule has 0 aliphatic rings. The van der Waals surface area contributed by atoms with E-state index in [9.17, 15) is 9.59 Å². The quantitative estimate of drug-likeness (QED) is 0.461. The molecule has 4 rings (SSSR count). The van der Waals surface area contributed by atoms with Gasteiger partial charge < -0.3 is 0 Å². The number of rotatable bonds is 4. The first-order valence-electron chi connectivity index (χ1n) is 7.45. The highest BCUT2D eigenvalue weighted by molar-refractivity contribution is 7.29. The van der Waals surface area contributed by atoms with Crippen molar-refractivity contribution in [2.45, 2.75) is 0 Å². The summed E-state index contributed by atoms with van der Waals surface area (Å²) in [6.45, 7) is 0. The lowest BCUT2D eigenvalue weighted by molar-refractivity contribution is 0.103.